The zero-order chi connectivity index (χ0) is 45.3. The molecule has 0 fully saturated rings. The van der Waals surface area contributed by atoms with Crippen LogP contribution in [0.5, 0.6) is 0 Å². The van der Waals surface area contributed by atoms with Gasteiger partial charge in [-0.1, -0.05) is 163 Å². The van der Waals surface area contributed by atoms with E-state index in [1.165, 1.54) is 63.6 Å². The Hall–Kier alpha value is -5.23. The van der Waals surface area contributed by atoms with Crippen LogP contribution >= 0.6 is 11.3 Å². The minimum atomic E-state index is -1.59. The number of aryl methyl sites for hydroxylation is 2. The molecule has 0 N–H and O–H groups in total. The summed E-state index contributed by atoms with van der Waals surface area (Å²) in [6.07, 6.45) is 2.03. The molecule has 3 nitrogen and oxygen atoms in total. The van der Waals surface area contributed by atoms with Crippen LogP contribution in [0.2, 0.25) is 19.6 Å². The molecule has 6 heteroatoms. The molecule has 0 saturated heterocycles. The molecule has 325 valence electrons. The molecule has 0 bridgehead atoms. The molecule has 3 aromatic heterocycles. The van der Waals surface area contributed by atoms with Crippen molar-refractivity contribution in [2.45, 2.75) is 86.3 Å². The van der Waals surface area contributed by atoms with Crippen molar-refractivity contribution in [1.29, 1.82) is 0 Å². The Kier molecular flexibility index (Phi) is 12.1. The molecule has 10 aromatic rings. The van der Waals surface area contributed by atoms with E-state index in [9.17, 15) is 0 Å². The summed E-state index contributed by atoms with van der Waals surface area (Å²) in [5.74, 6) is 0.534. The van der Waals surface area contributed by atoms with Crippen LogP contribution in [0.15, 0.2) is 134 Å². The number of thiophene rings is 1. The summed E-state index contributed by atoms with van der Waals surface area (Å²) in [5, 5.41) is 8.74. The van der Waals surface area contributed by atoms with E-state index in [2.05, 4.69) is 206 Å². The number of aromatic nitrogens is 3. The van der Waals surface area contributed by atoms with Gasteiger partial charge in [-0.25, -0.2) is 0 Å². The van der Waals surface area contributed by atoms with Crippen molar-refractivity contribution in [3.8, 4) is 28.3 Å². The molecule has 0 aliphatic carbocycles. The fourth-order valence-electron chi connectivity index (χ4n) is 8.75. The van der Waals surface area contributed by atoms with Crippen molar-refractivity contribution >= 4 is 77.3 Å². The van der Waals surface area contributed by atoms with Crippen molar-refractivity contribution in [1.82, 2.24) is 14.5 Å². The Morgan fingerprint density at radius 2 is 1.47 bits per heavy atom. The van der Waals surface area contributed by atoms with Crippen molar-refractivity contribution in [2.75, 3.05) is 0 Å². The van der Waals surface area contributed by atoms with Gasteiger partial charge in [-0.2, -0.15) is 11.3 Å². The van der Waals surface area contributed by atoms with E-state index in [0.717, 1.165) is 44.9 Å². The third kappa shape index (κ3) is 8.54. The summed E-state index contributed by atoms with van der Waals surface area (Å²) in [6, 6.07) is 52.5. The Balaban J connectivity index is 0.000000189. The van der Waals surface area contributed by atoms with Crippen molar-refractivity contribution < 1.29 is 21.5 Å². The molecular weight excluding hydrogens is 991 g/mol. The first-order valence-electron chi connectivity index (χ1n) is 22.7. The molecule has 1 atom stereocenters. The van der Waals surface area contributed by atoms with Gasteiger partial charge in [-0.3, -0.25) is 4.98 Å². The van der Waals surface area contributed by atoms with Gasteiger partial charge in [0.15, 0.2) is 0 Å². The molecule has 7 aromatic carbocycles. The van der Waals surface area contributed by atoms with Crippen molar-refractivity contribution in [2.24, 2.45) is 5.92 Å². The molecule has 0 amide bonds. The monoisotopic (exact) mass is 1050 g/mol. The summed E-state index contributed by atoms with van der Waals surface area (Å²) in [7, 11) is -1.59. The quantitative estimate of drug-likeness (QED) is 0.123. The topological polar surface area (TPSA) is 30.7 Å². The molecule has 0 saturated carbocycles. The van der Waals surface area contributed by atoms with Crippen LogP contribution in [0, 0.1) is 31.9 Å². The second-order valence-electron chi connectivity index (χ2n) is 19.6. The Bertz CT molecular complexity index is 3400. The first-order valence-corrected chi connectivity index (χ1v) is 26.5. The largest absolute Gasteiger partial charge is 0.333 e. The van der Waals surface area contributed by atoms with E-state index in [-0.39, 0.29) is 31.4 Å². The Labute approximate surface area is 399 Å². The molecule has 0 aliphatic rings. The molecule has 1 radical (unpaired) electrons. The Morgan fingerprint density at radius 1 is 0.766 bits per heavy atom. The SMILES string of the molecule is Cc1ccc2c(c1)sc1c(-c3nc4cc5ccccc5cc4n3-c3cccc4ccccc34)[c-]cc(C)c12.[2H]C(C)(c1cc(-c2[c-]ccc(C(C)(C)C)c2)ncc1[Si](C)(C)C)C(C)C.[Ir]. The van der Waals surface area contributed by atoms with Crippen LogP contribution in [-0.4, -0.2) is 22.6 Å². The summed E-state index contributed by atoms with van der Waals surface area (Å²) >= 11 is 1.85. The fraction of sp³-hybridized carbons (Fsp3) is 0.241. The maximum absolute atomic E-state index is 9.03. The van der Waals surface area contributed by atoms with Crippen molar-refractivity contribution in [3.05, 3.63) is 168 Å². The summed E-state index contributed by atoms with van der Waals surface area (Å²) in [4.78, 5) is 10.1. The van der Waals surface area contributed by atoms with Crippen LogP contribution in [-0.2, 0) is 25.5 Å². The van der Waals surface area contributed by atoms with Gasteiger partial charge in [0.05, 0.1) is 24.9 Å². The minimum absolute atomic E-state index is 0. The van der Waals surface area contributed by atoms with E-state index in [0.29, 0.717) is 0 Å². The molecule has 10 rings (SSSR count). The summed E-state index contributed by atoms with van der Waals surface area (Å²) in [6.45, 7) is 24.3. The second kappa shape index (κ2) is 17.6. The van der Waals surface area contributed by atoms with Crippen LogP contribution < -0.4 is 5.19 Å². The van der Waals surface area contributed by atoms with Crippen molar-refractivity contribution in [3.63, 3.8) is 0 Å². The van der Waals surface area contributed by atoms with Gasteiger partial charge in [0, 0.05) is 43.4 Å². The zero-order valence-corrected chi connectivity index (χ0v) is 43.1. The molecule has 1 unspecified atom stereocenters. The van der Waals surface area contributed by atoms with Gasteiger partial charge in [0.1, 0.15) is 0 Å². The number of nitrogens with zero attached hydrogens (tertiary/aromatic N) is 3. The number of hydrogen-bond donors (Lipinski definition) is 0. The minimum Gasteiger partial charge on any atom is -0.333 e. The smallest absolute Gasteiger partial charge is 0.0799 e. The first kappa shape index (κ1) is 44.0. The normalized spacial score (nSPS) is 13.3. The van der Waals surface area contributed by atoms with Gasteiger partial charge in [-0.15, -0.1) is 53.1 Å². The van der Waals surface area contributed by atoms with Gasteiger partial charge >= 0.3 is 0 Å². The maximum atomic E-state index is 9.03. The van der Waals surface area contributed by atoms with Gasteiger partial charge in [0.2, 0.25) is 0 Å². The van der Waals surface area contributed by atoms with Gasteiger partial charge in [0.25, 0.3) is 0 Å². The molecule has 0 spiro atoms. The predicted molar refractivity (Wildman–Crippen MR) is 276 cm³/mol. The number of rotatable bonds is 6. The average molecular weight is 1050 g/mol. The molecule has 0 aliphatic heterocycles. The predicted octanol–water partition coefficient (Wildman–Crippen LogP) is 15.9. The molecular formula is C58H57IrN3SSi-2. The number of pyridine rings is 1. The molecule has 3 heterocycles. The van der Waals surface area contributed by atoms with Crippen LogP contribution in [0.4, 0.5) is 0 Å². The third-order valence-corrected chi connectivity index (χ3v) is 15.8. The third-order valence-electron chi connectivity index (χ3n) is 12.6. The van der Waals surface area contributed by atoms with E-state index >= 15 is 0 Å². The van der Waals surface area contributed by atoms with Crippen LogP contribution in [0.1, 0.15) is 71.1 Å². The van der Waals surface area contributed by atoms with E-state index in [1.54, 1.807) is 0 Å². The number of fused-ring (bicyclic) bond motifs is 6. The maximum Gasteiger partial charge on any atom is 0.0799 e. The van der Waals surface area contributed by atoms with Crippen LogP contribution in [0.25, 0.3) is 81.1 Å². The fourth-order valence-corrected chi connectivity index (χ4v) is 11.7. The van der Waals surface area contributed by atoms with E-state index in [1.807, 2.05) is 30.5 Å². The number of benzene rings is 7. The first-order chi connectivity index (χ1) is 30.4. The number of imidazole rings is 1. The van der Waals surface area contributed by atoms with E-state index < -0.39 is 14.0 Å². The summed E-state index contributed by atoms with van der Waals surface area (Å²) < 4.78 is 13.9. The zero-order valence-electron chi connectivity index (χ0n) is 39.9. The van der Waals surface area contributed by atoms with Gasteiger partial charge in [-0.05, 0) is 91.1 Å². The molecule has 64 heavy (non-hydrogen) atoms. The van der Waals surface area contributed by atoms with Crippen LogP contribution in [0.3, 0.4) is 0 Å². The Morgan fingerprint density at radius 3 is 2.19 bits per heavy atom. The summed E-state index contributed by atoms with van der Waals surface area (Å²) in [5.41, 5.74) is 11.2. The standard InChI is InChI=1S/C35H23N2S.C23H34NSi.Ir/c1-21-14-16-27-32(18-21)38-34-28(17-15-22(2)33(27)34)35-36-29-19-24-9-3-4-10-25(24)20-31(29)37(35)30-13-7-11-23-8-5-6-12-26(23)30;1-16(2)17(3)20-14-21(24-15-22(20)25(7,8)9)18-11-10-12-19(13-18)23(4,5)6;/h3-16,18-20H,1-2H3;10,12-17H,1-9H3;/q2*-1;/i;17D;. The van der Waals surface area contributed by atoms with E-state index in [4.69, 9.17) is 11.3 Å². The number of hydrogen-bond acceptors (Lipinski definition) is 3. The van der Waals surface area contributed by atoms with Gasteiger partial charge < -0.3 is 9.55 Å². The average Bonchev–Trinajstić information content (AvgIpc) is 3.83. The second-order valence-corrected chi connectivity index (χ2v) is 25.6.